The number of ether oxygens (including phenoxy) is 1. The van der Waals surface area contributed by atoms with E-state index in [1.165, 1.54) is 22.3 Å². The lowest BCUT2D eigenvalue weighted by molar-refractivity contribution is 0.301. The van der Waals surface area contributed by atoms with Crippen LogP contribution in [0, 0.1) is 13.8 Å². The standard InChI is InChI=1S/C31H42N4O/c1-8-24-11-10-12-25(9-2)29(24)30-33-23(7)27(31(34-30)35-16-15-32-22(6)18-35)19-36-28-17-26(20(3)4)14-13-21(28)5/h10-14,17,20,22,32H,8-9,15-16,18-19H2,1-7H3. The first kappa shape index (κ1) is 26.2. The monoisotopic (exact) mass is 486 g/mol. The fraction of sp³-hybridized carbons (Fsp3) is 0.484. The number of benzene rings is 2. The Morgan fingerprint density at radius 3 is 2.42 bits per heavy atom. The molecular weight excluding hydrogens is 444 g/mol. The maximum atomic E-state index is 6.47. The summed E-state index contributed by atoms with van der Waals surface area (Å²) in [7, 11) is 0. The van der Waals surface area contributed by atoms with Gasteiger partial charge in [0, 0.05) is 31.2 Å². The highest BCUT2D eigenvalue weighted by Gasteiger charge is 2.24. The molecule has 4 rings (SSSR count). The van der Waals surface area contributed by atoms with Gasteiger partial charge in [0.2, 0.25) is 0 Å². The zero-order valence-corrected chi connectivity index (χ0v) is 23.1. The van der Waals surface area contributed by atoms with Crippen LogP contribution in [0.2, 0.25) is 0 Å². The summed E-state index contributed by atoms with van der Waals surface area (Å²) in [4.78, 5) is 12.8. The van der Waals surface area contributed by atoms with Gasteiger partial charge in [0.1, 0.15) is 18.2 Å². The maximum Gasteiger partial charge on any atom is 0.162 e. The van der Waals surface area contributed by atoms with Crippen molar-refractivity contribution in [3.63, 3.8) is 0 Å². The molecule has 0 radical (unpaired) electrons. The van der Waals surface area contributed by atoms with E-state index in [4.69, 9.17) is 14.7 Å². The minimum atomic E-state index is 0.408. The molecule has 0 amide bonds. The Morgan fingerprint density at radius 1 is 1.06 bits per heavy atom. The quantitative estimate of drug-likeness (QED) is 0.400. The van der Waals surface area contributed by atoms with Crippen molar-refractivity contribution in [3.05, 3.63) is 69.9 Å². The molecule has 5 nitrogen and oxygen atoms in total. The lowest BCUT2D eigenvalue weighted by Gasteiger charge is -2.34. The highest BCUT2D eigenvalue weighted by molar-refractivity contribution is 5.68. The largest absolute Gasteiger partial charge is 0.488 e. The van der Waals surface area contributed by atoms with Gasteiger partial charge in [-0.1, -0.05) is 58.0 Å². The van der Waals surface area contributed by atoms with Crippen molar-refractivity contribution in [1.82, 2.24) is 15.3 Å². The van der Waals surface area contributed by atoms with Crippen LogP contribution in [0.1, 0.15) is 74.0 Å². The number of piperazine rings is 1. The fourth-order valence-electron chi connectivity index (χ4n) is 5.06. The Balaban J connectivity index is 1.78. The molecule has 5 heteroatoms. The normalized spacial score (nSPS) is 16.0. The molecule has 1 N–H and O–H groups in total. The van der Waals surface area contributed by atoms with Crippen molar-refractivity contribution in [2.45, 2.75) is 79.9 Å². The van der Waals surface area contributed by atoms with Crippen LogP contribution in [0.3, 0.4) is 0 Å². The summed E-state index contributed by atoms with van der Waals surface area (Å²) in [5, 5.41) is 3.56. The van der Waals surface area contributed by atoms with Crippen LogP contribution in [0.25, 0.3) is 11.4 Å². The van der Waals surface area contributed by atoms with Crippen LogP contribution in [-0.2, 0) is 19.4 Å². The number of nitrogens with zero attached hydrogens (tertiary/aromatic N) is 3. The number of aryl methyl sites for hydroxylation is 4. The highest BCUT2D eigenvalue weighted by atomic mass is 16.5. The van der Waals surface area contributed by atoms with Gasteiger partial charge in [-0.15, -0.1) is 0 Å². The van der Waals surface area contributed by atoms with Crippen LogP contribution in [0.5, 0.6) is 5.75 Å². The van der Waals surface area contributed by atoms with Crippen LogP contribution in [0.15, 0.2) is 36.4 Å². The Bertz CT molecular complexity index is 1180. The van der Waals surface area contributed by atoms with Crippen LogP contribution >= 0.6 is 0 Å². The van der Waals surface area contributed by atoms with Crippen molar-refractivity contribution in [1.29, 1.82) is 0 Å². The molecule has 1 aromatic heterocycles. The number of hydrogen-bond acceptors (Lipinski definition) is 5. The second kappa shape index (κ2) is 11.4. The van der Waals surface area contributed by atoms with Crippen molar-refractivity contribution in [2.24, 2.45) is 0 Å². The number of nitrogens with one attached hydrogen (secondary N) is 1. The zero-order chi connectivity index (χ0) is 25.8. The predicted octanol–water partition coefficient (Wildman–Crippen LogP) is 6.39. The molecule has 1 atom stereocenters. The second-order valence-corrected chi connectivity index (χ2v) is 10.4. The topological polar surface area (TPSA) is 50.3 Å². The Morgan fingerprint density at radius 2 is 1.78 bits per heavy atom. The van der Waals surface area contributed by atoms with Crippen molar-refractivity contribution >= 4 is 5.82 Å². The third kappa shape index (κ3) is 5.57. The minimum absolute atomic E-state index is 0.408. The van der Waals surface area contributed by atoms with Gasteiger partial charge in [-0.3, -0.25) is 0 Å². The molecule has 0 spiro atoms. The summed E-state index contributed by atoms with van der Waals surface area (Å²) in [6, 6.07) is 13.5. The first-order valence-corrected chi connectivity index (χ1v) is 13.5. The van der Waals surface area contributed by atoms with Gasteiger partial charge in [0.25, 0.3) is 0 Å². The van der Waals surface area contributed by atoms with Crippen molar-refractivity contribution in [3.8, 4) is 17.1 Å². The Labute approximate surface area is 217 Å². The van der Waals surface area contributed by atoms with Gasteiger partial charge in [-0.25, -0.2) is 9.97 Å². The summed E-state index contributed by atoms with van der Waals surface area (Å²) in [6.07, 6.45) is 1.92. The minimum Gasteiger partial charge on any atom is -0.488 e. The zero-order valence-electron chi connectivity index (χ0n) is 23.1. The van der Waals surface area contributed by atoms with Crippen LogP contribution in [-0.4, -0.2) is 35.6 Å². The van der Waals surface area contributed by atoms with E-state index in [2.05, 4.69) is 95.1 Å². The SMILES string of the molecule is CCc1cccc(CC)c1-c1nc(C)c(COc2cc(C(C)C)ccc2C)c(N2CCNC(C)C2)n1. The molecule has 1 fully saturated rings. The molecule has 0 saturated carbocycles. The third-order valence-electron chi connectivity index (χ3n) is 7.33. The maximum absolute atomic E-state index is 6.47. The summed E-state index contributed by atoms with van der Waals surface area (Å²) in [6.45, 7) is 18.5. The average Bonchev–Trinajstić information content (AvgIpc) is 2.87. The lowest BCUT2D eigenvalue weighted by Crippen LogP contribution is -2.50. The average molecular weight is 487 g/mol. The van der Waals surface area contributed by atoms with Gasteiger partial charge < -0.3 is 15.0 Å². The van der Waals surface area contributed by atoms with Crippen LogP contribution < -0.4 is 15.0 Å². The first-order chi connectivity index (χ1) is 17.3. The molecule has 1 aliphatic heterocycles. The molecule has 0 bridgehead atoms. The molecule has 1 saturated heterocycles. The van der Waals surface area contributed by atoms with Crippen LogP contribution in [0.4, 0.5) is 5.82 Å². The van der Waals surface area contributed by atoms with E-state index in [1.807, 2.05) is 0 Å². The number of aromatic nitrogens is 2. The van der Waals surface area contributed by atoms with Gasteiger partial charge in [-0.05, 0) is 67.9 Å². The highest BCUT2D eigenvalue weighted by Crippen LogP contribution is 2.32. The summed E-state index contributed by atoms with van der Waals surface area (Å²) in [5.41, 5.74) is 8.32. The van der Waals surface area contributed by atoms with Gasteiger partial charge >= 0.3 is 0 Å². The molecule has 36 heavy (non-hydrogen) atoms. The van der Waals surface area contributed by atoms with E-state index < -0.39 is 0 Å². The van der Waals surface area contributed by atoms with E-state index in [-0.39, 0.29) is 0 Å². The van der Waals surface area contributed by atoms with E-state index in [9.17, 15) is 0 Å². The van der Waals surface area contributed by atoms with Crippen molar-refractivity contribution < 1.29 is 4.74 Å². The summed E-state index contributed by atoms with van der Waals surface area (Å²) in [5.74, 6) is 3.25. The predicted molar refractivity (Wildman–Crippen MR) is 150 cm³/mol. The molecule has 1 aliphatic rings. The summed E-state index contributed by atoms with van der Waals surface area (Å²) >= 11 is 0. The van der Waals surface area contributed by atoms with E-state index in [0.717, 1.165) is 66.7 Å². The molecule has 3 aromatic rings. The second-order valence-electron chi connectivity index (χ2n) is 10.4. The van der Waals surface area contributed by atoms with E-state index >= 15 is 0 Å². The van der Waals surface area contributed by atoms with Gasteiger partial charge in [-0.2, -0.15) is 0 Å². The number of rotatable bonds is 8. The molecule has 1 unspecified atom stereocenters. The molecule has 192 valence electrons. The molecule has 0 aliphatic carbocycles. The third-order valence-corrected chi connectivity index (χ3v) is 7.33. The Hall–Kier alpha value is -2.92. The summed E-state index contributed by atoms with van der Waals surface area (Å²) < 4.78 is 6.47. The number of hydrogen-bond donors (Lipinski definition) is 1. The lowest BCUT2D eigenvalue weighted by atomic mass is 9.96. The van der Waals surface area contributed by atoms with E-state index in [1.54, 1.807) is 0 Å². The smallest absolute Gasteiger partial charge is 0.162 e. The van der Waals surface area contributed by atoms with Crippen molar-refractivity contribution in [2.75, 3.05) is 24.5 Å². The van der Waals surface area contributed by atoms with E-state index in [0.29, 0.717) is 18.6 Å². The first-order valence-electron chi connectivity index (χ1n) is 13.5. The molecule has 2 heterocycles. The molecule has 2 aromatic carbocycles. The molecular formula is C31H42N4O. The van der Waals surface area contributed by atoms with Gasteiger partial charge in [0.05, 0.1) is 11.3 Å². The Kier molecular flexibility index (Phi) is 8.30. The van der Waals surface area contributed by atoms with Gasteiger partial charge in [0.15, 0.2) is 5.82 Å². The fourth-order valence-corrected chi connectivity index (χ4v) is 5.06. The number of anilines is 1.